The fourth-order valence-corrected chi connectivity index (χ4v) is 5.08. The van der Waals surface area contributed by atoms with Gasteiger partial charge in [-0.3, -0.25) is 19.7 Å². The highest BCUT2D eigenvalue weighted by Crippen LogP contribution is 2.28. The van der Waals surface area contributed by atoms with Gasteiger partial charge >= 0.3 is 0 Å². The molecule has 0 atom stereocenters. The van der Waals surface area contributed by atoms with Crippen molar-refractivity contribution >= 4 is 28.8 Å². The van der Waals surface area contributed by atoms with Crippen LogP contribution in [0.1, 0.15) is 40.2 Å². The Morgan fingerprint density at radius 3 is 2.26 bits per heavy atom. The molecule has 0 saturated carbocycles. The van der Waals surface area contributed by atoms with Crippen molar-refractivity contribution in [2.45, 2.75) is 33.7 Å². The lowest BCUT2D eigenvalue weighted by Crippen LogP contribution is -2.44. The van der Waals surface area contributed by atoms with Crippen LogP contribution in [0.3, 0.4) is 0 Å². The van der Waals surface area contributed by atoms with Gasteiger partial charge in [0, 0.05) is 35.7 Å². The summed E-state index contributed by atoms with van der Waals surface area (Å²) in [5.74, 6) is 0.883. The lowest BCUT2D eigenvalue weighted by atomic mass is 10.1. The molecule has 0 radical (unpaired) electrons. The number of hydrogen-bond donors (Lipinski definition) is 0. The van der Waals surface area contributed by atoms with E-state index in [0.717, 1.165) is 16.0 Å². The molecule has 208 valence electrons. The first-order valence-corrected chi connectivity index (χ1v) is 13.6. The number of amides is 2. The molecule has 39 heavy (non-hydrogen) atoms. The van der Waals surface area contributed by atoms with Crippen LogP contribution in [-0.2, 0) is 17.8 Å². The quantitative estimate of drug-likeness (QED) is 0.209. The van der Waals surface area contributed by atoms with E-state index in [9.17, 15) is 19.7 Å². The van der Waals surface area contributed by atoms with Crippen LogP contribution >= 0.6 is 11.3 Å². The molecule has 3 rings (SSSR count). The van der Waals surface area contributed by atoms with Gasteiger partial charge in [-0.25, -0.2) is 0 Å². The number of carbonyl (C=O) groups is 2. The van der Waals surface area contributed by atoms with E-state index >= 15 is 0 Å². The minimum Gasteiger partial charge on any atom is -0.493 e. The molecule has 1 aromatic heterocycles. The molecule has 2 amide bonds. The number of thiophene rings is 1. The van der Waals surface area contributed by atoms with Crippen molar-refractivity contribution in [2.24, 2.45) is 5.92 Å². The summed E-state index contributed by atoms with van der Waals surface area (Å²) in [6, 6.07) is 13.2. The third-order valence-corrected chi connectivity index (χ3v) is 7.31. The normalized spacial score (nSPS) is 10.8. The summed E-state index contributed by atoms with van der Waals surface area (Å²) >= 11 is 1.60. The maximum absolute atomic E-state index is 13.7. The fourth-order valence-electron chi connectivity index (χ4n) is 4.16. The summed E-state index contributed by atoms with van der Waals surface area (Å²) in [6.07, 6.45) is 0.594. The van der Waals surface area contributed by atoms with Crippen LogP contribution in [0.25, 0.3) is 0 Å². The number of methoxy groups -OCH3 is 2. The van der Waals surface area contributed by atoms with Crippen molar-refractivity contribution in [3.05, 3.63) is 85.6 Å². The third kappa shape index (κ3) is 8.03. The summed E-state index contributed by atoms with van der Waals surface area (Å²) in [5.41, 5.74) is 2.32. The molecule has 0 saturated heterocycles. The van der Waals surface area contributed by atoms with Gasteiger partial charge in [0.1, 0.15) is 6.54 Å². The number of non-ortho nitro benzene ring substituents is 1. The van der Waals surface area contributed by atoms with E-state index in [0.29, 0.717) is 43.1 Å². The predicted molar refractivity (Wildman–Crippen MR) is 152 cm³/mol. The SMILES string of the molecule is COc1ccc(CCN(Cc2sccc2C)C(=O)CN(CC(C)C)C(=O)c2ccc([N+](=O)[O-])cc2)cc1OC. The molecule has 0 fully saturated rings. The number of nitro groups is 1. The molecule has 0 N–H and O–H groups in total. The van der Waals surface area contributed by atoms with E-state index < -0.39 is 4.92 Å². The molecule has 2 aromatic carbocycles. The monoisotopic (exact) mass is 553 g/mol. The van der Waals surface area contributed by atoms with Crippen LogP contribution < -0.4 is 9.47 Å². The highest BCUT2D eigenvalue weighted by atomic mass is 32.1. The number of nitro benzene ring substituents is 1. The van der Waals surface area contributed by atoms with Crippen molar-refractivity contribution in [1.82, 2.24) is 9.80 Å². The van der Waals surface area contributed by atoms with Gasteiger partial charge in [-0.15, -0.1) is 11.3 Å². The Kier molecular flexibility index (Phi) is 10.4. The van der Waals surface area contributed by atoms with Gasteiger partial charge in [0.25, 0.3) is 11.6 Å². The number of benzene rings is 2. The molecule has 0 unspecified atom stereocenters. The van der Waals surface area contributed by atoms with Gasteiger partial charge in [-0.1, -0.05) is 19.9 Å². The Balaban J connectivity index is 1.81. The summed E-state index contributed by atoms with van der Waals surface area (Å²) in [5, 5.41) is 13.0. The van der Waals surface area contributed by atoms with Crippen molar-refractivity contribution in [1.29, 1.82) is 0 Å². The Morgan fingerprint density at radius 2 is 1.69 bits per heavy atom. The van der Waals surface area contributed by atoms with E-state index in [-0.39, 0.29) is 30.0 Å². The first-order valence-electron chi connectivity index (χ1n) is 12.7. The number of ether oxygens (including phenoxy) is 2. The highest BCUT2D eigenvalue weighted by molar-refractivity contribution is 7.10. The minimum atomic E-state index is -0.507. The summed E-state index contributed by atoms with van der Waals surface area (Å²) in [7, 11) is 3.17. The molecule has 10 heteroatoms. The zero-order chi connectivity index (χ0) is 28.5. The van der Waals surface area contributed by atoms with Gasteiger partial charge < -0.3 is 19.3 Å². The van der Waals surface area contributed by atoms with E-state index in [1.165, 1.54) is 29.2 Å². The Bertz CT molecular complexity index is 1290. The second-order valence-electron chi connectivity index (χ2n) is 9.66. The van der Waals surface area contributed by atoms with Crippen molar-refractivity contribution in [3.63, 3.8) is 0 Å². The first kappa shape index (κ1) is 29.6. The lowest BCUT2D eigenvalue weighted by Gasteiger charge is -2.29. The molecule has 0 bridgehead atoms. The zero-order valence-electron chi connectivity index (χ0n) is 23.0. The number of nitrogens with zero attached hydrogens (tertiary/aromatic N) is 3. The molecular weight excluding hydrogens is 518 g/mol. The van der Waals surface area contributed by atoms with Gasteiger partial charge in [-0.2, -0.15) is 0 Å². The summed E-state index contributed by atoms with van der Waals surface area (Å²) in [6.45, 7) is 7.15. The predicted octanol–water partition coefficient (Wildman–Crippen LogP) is 5.35. The largest absolute Gasteiger partial charge is 0.493 e. The average molecular weight is 554 g/mol. The molecule has 0 aliphatic heterocycles. The first-order chi connectivity index (χ1) is 18.6. The molecule has 0 aliphatic rings. The third-order valence-electron chi connectivity index (χ3n) is 6.30. The van der Waals surface area contributed by atoms with Crippen molar-refractivity contribution < 1.29 is 24.0 Å². The topological polar surface area (TPSA) is 102 Å². The van der Waals surface area contributed by atoms with Crippen LogP contribution in [0, 0.1) is 23.0 Å². The molecule has 9 nitrogen and oxygen atoms in total. The molecular formula is C29H35N3O6S. The van der Waals surface area contributed by atoms with Crippen molar-refractivity contribution in [2.75, 3.05) is 33.9 Å². The van der Waals surface area contributed by atoms with Gasteiger partial charge in [-0.05, 0) is 66.1 Å². The zero-order valence-corrected chi connectivity index (χ0v) is 23.8. The smallest absolute Gasteiger partial charge is 0.269 e. The Morgan fingerprint density at radius 1 is 1.00 bits per heavy atom. The second kappa shape index (κ2) is 13.7. The number of carbonyl (C=O) groups excluding carboxylic acids is 2. The maximum Gasteiger partial charge on any atom is 0.269 e. The Hall–Kier alpha value is -3.92. The van der Waals surface area contributed by atoms with Crippen LogP contribution in [0.5, 0.6) is 11.5 Å². The van der Waals surface area contributed by atoms with Gasteiger partial charge in [0.2, 0.25) is 5.91 Å². The van der Waals surface area contributed by atoms with Gasteiger partial charge in [0.15, 0.2) is 11.5 Å². The Labute approximate surface area is 233 Å². The van der Waals surface area contributed by atoms with E-state index in [2.05, 4.69) is 0 Å². The lowest BCUT2D eigenvalue weighted by molar-refractivity contribution is -0.384. The van der Waals surface area contributed by atoms with Crippen LogP contribution in [-0.4, -0.2) is 60.4 Å². The van der Waals surface area contributed by atoms with Crippen LogP contribution in [0.15, 0.2) is 53.9 Å². The molecule has 1 heterocycles. The molecule has 0 aliphatic carbocycles. The average Bonchev–Trinajstić information content (AvgIpc) is 3.33. The van der Waals surface area contributed by atoms with E-state index in [1.807, 2.05) is 50.4 Å². The highest BCUT2D eigenvalue weighted by Gasteiger charge is 2.24. The number of aryl methyl sites for hydroxylation is 1. The standard InChI is InChI=1S/C29H35N3O6S/c1-20(2)17-31(29(34)23-7-9-24(10-8-23)32(35)36)19-28(33)30(18-27-21(3)13-15-39-27)14-12-22-6-11-25(37-4)26(16-22)38-5/h6-11,13,15-16,20H,12,14,17-19H2,1-5H3. The number of rotatable bonds is 13. The van der Waals surface area contributed by atoms with E-state index in [4.69, 9.17) is 9.47 Å². The van der Waals surface area contributed by atoms with Crippen LogP contribution in [0.2, 0.25) is 0 Å². The van der Waals surface area contributed by atoms with Crippen molar-refractivity contribution in [3.8, 4) is 11.5 Å². The molecule has 3 aromatic rings. The van der Waals surface area contributed by atoms with Gasteiger partial charge in [0.05, 0.1) is 25.7 Å². The fraction of sp³-hybridized carbons (Fsp3) is 0.379. The second-order valence-corrected chi connectivity index (χ2v) is 10.7. The number of hydrogen-bond acceptors (Lipinski definition) is 7. The summed E-state index contributed by atoms with van der Waals surface area (Å²) in [4.78, 5) is 42.0. The minimum absolute atomic E-state index is 0.0920. The van der Waals surface area contributed by atoms with Crippen LogP contribution in [0.4, 0.5) is 5.69 Å². The maximum atomic E-state index is 13.7. The summed E-state index contributed by atoms with van der Waals surface area (Å²) < 4.78 is 10.8. The molecule has 0 spiro atoms. The van der Waals surface area contributed by atoms with E-state index in [1.54, 1.807) is 30.5 Å².